The van der Waals surface area contributed by atoms with E-state index in [0.29, 0.717) is 4.47 Å². The van der Waals surface area contributed by atoms with Crippen molar-refractivity contribution in [3.63, 3.8) is 0 Å². The molecule has 0 bridgehead atoms. The summed E-state index contributed by atoms with van der Waals surface area (Å²) in [6.07, 6.45) is 0.804. The monoisotopic (exact) mass is 396 g/mol. The van der Waals surface area contributed by atoms with Crippen molar-refractivity contribution in [3.8, 4) is 0 Å². The summed E-state index contributed by atoms with van der Waals surface area (Å²) in [6.45, 7) is 1.66. The quantitative estimate of drug-likeness (QED) is 0.745. The Morgan fingerprint density at radius 2 is 1.95 bits per heavy atom. The molecule has 1 aromatic heterocycles. The Morgan fingerprint density at radius 1 is 1.37 bits per heavy atom. The summed E-state index contributed by atoms with van der Waals surface area (Å²) in [5.41, 5.74) is -0.253. The van der Waals surface area contributed by atoms with E-state index in [0.717, 1.165) is 0 Å². The van der Waals surface area contributed by atoms with Crippen LogP contribution in [0.15, 0.2) is 19.9 Å². The third-order valence-corrected chi connectivity index (χ3v) is 3.86. The van der Waals surface area contributed by atoms with E-state index >= 15 is 0 Å². The Morgan fingerprint density at radius 3 is 2.47 bits per heavy atom. The third kappa shape index (κ3) is 3.88. The molecule has 0 aliphatic carbocycles. The molecule has 1 rings (SSSR count). The van der Waals surface area contributed by atoms with Crippen LogP contribution in [0.3, 0.4) is 0 Å². The molecular weight excluding hydrogens is 384 g/mol. The van der Waals surface area contributed by atoms with Gasteiger partial charge in [-0.15, -0.1) is 0 Å². The number of H-pyrrole nitrogens is 1. The van der Waals surface area contributed by atoms with Crippen LogP contribution in [-0.4, -0.2) is 31.4 Å². The van der Waals surface area contributed by atoms with Crippen LogP contribution < -0.4 is 10.7 Å². The number of anilines is 1. The van der Waals surface area contributed by atoms with Gasteiger partial charge in [-0.25, -0.2) is 0 Å². The zero-order valence-corrected chi connectivity index (χ0v) is 13.8. The van der Waals surface area contributed by atoms with Crippen molar-refractivity contribution >= 4 is 43.6 Å². The molecular formula is C11H14Br2N2O4. The first-order valence-corrected chi connectivity index (χ1v) is 6.94. The average Bonchev–Trinajstić information content (AvgIpc) is 2.40. The van der Waals surface area contributed by atoms with Crippen molar-refractivity contribution in [2.75, 3.05) is 19.5 Å². The second kappa shape index (κ2) is 7.18. The number of methoxy groups -OCH3 is 2. The average molecular weight is 398 g/mol. The second-order valence-corrected chi connectivity index (χ2v) is 5.42. The first-order valence-electron chi connectivity index (χ1n) is 5.35. The molecule has 106 valence electrons. The number of hydrogen-bond acceptors (Lipinski definition) is 4. The van der Waals surface area contributed by atoms with Crippen LogP contribution in [0.5, 0.6) is 0 Å². The van der Waals surface area contributed by atoms with Gasteiger partial charge in [-0.05, 0) is 38.8 Å². The van der Waals surface area contributed by atoms with Gasteiger partial charge in [0.05, 0.1) is 10.4 Å². The number of carbonyl (C=O) groups excluding carboxylic acids is 1. The lowest BCUT2D eigenvalue weighted by molar-refractivity contribution is -0.151. The Balaban J connectivity index is 2.89. The number of hydrogen-bond donors (Lipinski definition) is 2. The molecule has 0 aliphatic rings. The predicted octanol–water partition coefficient (Wildman–Crippen LogP) is 2.09. The van der Waals surface area contributed by atoms with Gasteiger partial charge >= 0.3 is 0 Å². The minimum absolute atomic E-state index is 0.244. The molecule has 0 saturated heterocycles. The fourth-order valence-corrected chi connectivity index (χ4v) is 2.44. The Labute approximate surface area is 127 Å². The van der Waals surface area contributed by atoms with Gasteiger partial charge in [0.2, 0.25) is 11.3 Å². The summed E-state index contributed by atoms with van der Waals surface area (Å²) in [7, 11) is 2.91. The Bertz CT molecular complexity index is 514. The number of ether oxygens (including phenoxy) is 2. The van der Waals surface area contributed by atoms with Crippen molar-refractivity contribution < 1.29 is 14.3 Å². The van der Waals surface area contributed by atoms with E-state index in [2.05, 4.69) is 42.2 Å². The van der Waals surface area contributed by atoms with Crippen LogP contribution in [0.2, 0.25) is 0 Å². The minimum Gasteiger partial charge on any atom is -0.355 e. The van der Waals surface area contributed by atoms with Gasteiger partial charge in [-0.3, -0.25) is 9.59 Å². The van der Waals surface area contributed by atoms with Crippen LogP contribution in [-0.2, 0) is 14.3 Å². The molecule has 1 atom stereocenters. The number of rotatable bonds is 5. The summed E-state index contributed by atoms with van der Waals surface area (Å²) < 4.78 is 10.7. The van der Waals surface area contributed by atoms with Crippen molar-refractivity contribution in [3.05, 3.63) is 25.4 Å². The number of nitrogens with one attached hydrogen (secondary N) is 2. The van der Waals surface area contributed by atoms with Crippen LogP contribution in [0.25, 0.3) is 0 Å². The molecule has 0 radical (unpaired) electrons. The van der Waals surface area contributed by atoms with E-state index in [1.165, 1.54) is 20.4 Å². The zero-order chi connectivity index (χ0) is 14.6. The van der Waals surface area contributed by atoms with Gasteiger partial charge in [0.15, 0.2) is 6.29 Å². The molecule has 1 unspecified atom stereocenters. The number of aromatic nitrogens is 1. The predicted molar refractivity (Wildman–Crippen MR) is 78.1 cm³/mol. The highest BCUT2D eigenvalue weighted by Gasteiger charge is 2.24. The van der Waals surface area contributed by atoms with Gasteiger partial charge < -0.3 is 19.8 Å². The third-order valence-electron chi connectivity index (χ3n) is 2.51. The van der Waals surface area contributed by atoms with E-state index in [9.17, 15) is 9.59 Å². The van der Waals surface area contributed by atoms with Crippen LogP contribution >= 0.6 is 31.9 Å². The van der Waals surface area contributed by atoms with E-state index in [1.54, 1.807) is 6.92 Å². The van der Waals surface area contributed by atoms with Crippen LogP contribution in [0.4, 0.5) is 5.82 Å². The van der Waals surface area contributed by atoms with E-state index < -0.39 is 12.2 Å². The number of pyridine rings is 1. The summed E-state index contributed by atoms with van der Waals surface area (Å²) >= 11 is 6.22. The number of amides is 1. The SMILES string of the molecule is COC(OC)C(C)C(=O)Nc1[nH]cc(Br)c(=O)c1Br. The molecule has 19 heavy (non-hydrogen) atoms. The zero-order valence-electron chi connectivity index (χ0n) is 10.6. The molecule has 0 aliphatic heterocycles. The summed E-state index contributed by atoms with van der Waals surface area (Å²) in [5.74, 6) is -0.572. The fourth-order valence-electron chi connectivity index (χ4n) is 1.44. The first-order chi connectivity index (χ1) is 8.92. The maximum absolute atomic E-state index is 12.0. The van der Waals surface area contributed by atoms with Crippen molar-refractivity contribution in [2.45, 2.75) is 13.2 Å². The van der Waals surface area contributed by atoms with Crippen molar-refractivity contribution in [1.82, 2.24) is 4.98 Å². The molecule has 0 aromatic carbocycles. The maximum Gasteiger partial charge on any atom is 0.233 e. The van der Waals surface area contributed by atoms with Crippen molar-refractivity contribution in [1.29, 1.82) is 0 Å². The Hall–Kier alpha value is -0.700. The Kier molecular flexibility index (Phi) is 6.18. The first kappa shape index (κ1) is 16.4. The lowest BCUT2D eigenvalue weighted by Gasteiger charge is -2.20. The number of halogens is 2. The molecule has 6 nitrogen and oxygen atoms in total. The number of carbonyl (C=O) groups is 1. The molecule has 2 N–H and O–H groups in total. The molecule has 0 spiro atoms. The standard InChI is InChI=1S/C11H14Br2N2O4/c1-5(11(18-2)19-3)10(17)15-9-7(13)8(16)6(12)4-14-9/h4-5,11H,1-3H3,(H2,14,15,16,17). The highest BCUT2D eigenvalue weighted by Crippen LogP contribution is 2.19. The number of aromatic amines is 1. The lowest BCUT2D eigenvalue weighted by Crippen LogP contribution is -2.33. The van der Waals surface area contributed by atoms with E-state index in [1.807, 2.05) is 0 Å². The van der Waals surface area contributed by atoms with Gasteiger partial charge in [-0.1, -0.05) is 0 Å². The summed E-state index contributed by atoms with van der Waals surface area (Å²) in [6, 6.07) is 0. The van der Waals surface area contributed by atoms with Gasteiger partial charge in [-0.2, -0.15) is 0 Å². The molecule has 0 saturated carbocycles. The lowest BCUT2D eigenvalue weighted by atomic mass is 10.1. The molecule has 8 heteroatoms. The normalized spacial score (nSPS) is 12.5. The summed E-state index contributed by atoms with van der Waals surface area (Å²) in [4.78, 5) is 26.5. The van der Waals surface area contributed by atoms with E-state index in [4.69, 9.17) is 9.47 Å². The highest BCUT2D eigenvalue weighted by atomic mass is 79.9. The largest absolute Gasteiger partial charge is 0.355 e. The maximum atomic E-state index is 12.0. The van der Waals surface area contributed by atoms with Gasteiger partial charge in [0.1, 0.15) is 10.3 Å². The van der Waals surface area contributed by atoms with Crippen molar-refractivity contribution in [2.24, 2.45) is 5.92 Å². The van der Waals surface area contributed by atoms with E-state index in [-0.39, 0.29) is 21.6 Å². The topological polar surface area (TPSA) is 80.4 Å². The minimum atomic E-state index is -0.652. The molecule has 1 amide bonds. The van der Waals surface area contributed by atoms with Gasteiger partial charge in [0.25, 0.3) is 0 Å². The van der Waals surface area contributed by atoms with Crippen LogP contribution in [0, 0.1) is 5.92 Å². The van der Waals surface area contributed by atoms with Gasteiger partial charge in [0, 0.05) is 20.4 Å². The molecule has 1 aromatic rings. The molecule has 0 fully saturated rings. The smallest absolute Gasteiger partial charge is 0.233 e. The summed E-state index contributed by atoms with van der Waals surface area (Å²) in [5, 5.41) is 2.60. The molecule has 1 heterocycles. The fraction of sp³-hybridized carbons (Fsp3) is 0.455. The highest BCUT2D eigenvalue weighted by molar-refractivity contribution is 9.11. The second-order valence-electron chi connectivity index (χ2n) is 3.77. The van der Waals surface area contributed by atoms with Crippen LogP contribution in [0.1, 0.15) is 6.92 Å².